The molecule has 88 valence electrons. The summed E-state index contributed by atoms with van der Waals surface area (Å²) in [6.07, 6.45) is -1.66. The van der Waals surface area contributed by atoms with Crippen molar-refractivity contribution in [2.45, 2.75) is 30.4 Å². The van der Waals surface area contributed by atoms with Gasteiger partial charge in [0, 0.05) is 6.61 Å². The lowest BCUT2D eigenvalue weighted by molar-refractivity contribution is 0.0109. The van der Waals surface area contributed by atoms with E-state index < -0.39 is 40.2 Å². The summed E-state index contributed by atoms with van der Waals surface area (Å²) >= 11 is 0. The molecule has 0 amide bonds. The largest absolute Gasteiger partial charge is 0.394 e. The summed E-state index contributed by atoms with van der Waals surface area (Å²) in [5.74, 6) is 0. The highest BCUT2D eigenvalue weighted by Crippen LogP contribution is 2.27. The third-order valence-electron chi connectivity index (χ3n) is 2.43. The second kappa shape index (κ2) is 4.79. The molecule has 1 heterocycles. The summed E-state index contributed by atoms with van der Waals surface area (Å²) in [6.45, 7) is 1.58. The predicted octanol–water partition coefficient (Wildman–Crippen LogP) is -2.00. The van der Waals surface area contributed by atoms with E-state index in [0.717, 1.165) is 0 Å². The van der Waals surface area contributed by atoms with E-state index >= 15 is 0 Å². The zero-order chi connectivity index (χ0) is 11.6. The van der Waals surface area contributed by atoms with E-state index in [-0.39, 0.29) is 0 Å². The Balaban J connectivity index is 2.93. The molecule has 1 fully saturated rings. The van der Waals surface area contributed by atoms with Crippen LogP contribution in [0.3, 0.4) is 0 Å². The molecule has 8 heteroatoms. The first-order chi connectivity index (χ1) is 6.91. The van der Waals surface area contributed by atoms with Gasteiger partial charge in [0.2, 0.25) is 0 Å². The maximum Gasteiger partial charge on any atom is 0.273 e. The van der Waals surface area contributed by atoms with Gasteiger partial charge in [-0.2, -0.15) is 8.42 Å². The van der Waals surface area contributed by atoms with Crippen molar-refractivity contribution in [1.29, 1.82) is 0 Å². The maximum absolute atomic E-state index is 11.1. The summed E-state index contributed by atoms with van der Waals surface area (Å²) < 4.78 is 41.7. The number of aliphatic hydroxyl groups excluding tert-OH is 1. The summed E-state index contributed by atoms with van der Waals surface area (Å²) in [6, 6.07) is -0.464. The van der Waals surface area contributed by atoms with Crippen LogP contribution in [-0.4, -0.2) is 62.6 Å². The Kier molecular flexibility index (Phi) is 4.13. The fourth-order valence-corrected chi connectivity index (χ4v) is 3.01. The van der Waals surface area contributed by atoms with Gasteiger partial charge in [0.05, 0.1) is 18.7 Å². The van der Waals surface area contributed by atoms with Crippen LogP contribution >= 0.6 is 0 Å². The molecule has 2 N–H and O–H groups in total. The Bertz CT molecular complexity index is 305. The van der Waals surface area contributed by atoms with E-state index in [4.69, 9.17) is 19.1 Å². The minimum Gasteiger partial charge on any atom is -0.394 e. The van der Waals surface area contributed by atoms with Gasteiger partial charge in [0.15, 0.2) is 0 Å². The molecule has 0 saturated carbocycles. The summed E-state index contributed by atoms with van der Waals surface area (Å²) in [4.78, 5) is 0. The maximum atomic E-state index is 11.1. The third-order valence-corrected chi connectivity index (χ3v) is 3.69. The Morgan fingerprint density at radius 3 is 2.53 bits per heavy atom. The Hall–Kier alpha value is -0.145. The molecule has 0 aromatic carbocycles. The Morgan fingerprint density at radius 2 is 2.13 bits per heavy atom. The standard InChI is InChI=1S/C7H15BO6S/c1-2-13-5-6(15(10,11)12)4(3-9)14-7(5)8/h4-7,9H,2-3,8H2,1H3,(H,10,11,12)/t4?,5?,6?,7-/m1/s1. The Labute approximate surface area is 89.7 Å². The van der Waals surface area contributed by atoms with Gasteiger partial charge >= 0.3 is 0 Å². The van der Waals surface area contributed by atoms with E-state index in [9.17, 15) is 8.42 Å². The van der Waals surface area contributed by atoms with E-state index in [2.05, 4.69) is 0 Å². The molecule has 1 rings (SSSR count). The third kappa shape index (κ3) is 2.70. The molecule has 0 aromatic rings. The molecule has 1 aliphatic heterocycles. The van der Waals surface area contributed by atoms with Crippen LogP contribution in [0.15, 0.2) is 0 Å². The van der Waals surface area contributed by atoms with Crippen LogP contribution in [0.1, 0.15) is 6.92 Å². The topological polar surface area (TPSA) is 93.1 Å². The highest BCUT2D eigenvalue weighted by Gasteiger charge is 2.49. The lowest BCUT2D eigenvalue weighted by Gasteiger charge is -2.19. The van der Waals surface area contributed by atoms with Crippen LogP contribution in [0.2, 0.25) is 0 Å². The molecule has 15 heavy (non-hydrogen) atoms. The van der Waals surface area contributed by atoms with Gasteiger partial charge in [-0.25, -0.2) is 0 Å². The van der Waals surface area contributed by atoms with Crippen molar-refractivity contribution < 1.29 is 27.6 Å². The van der Waals surface area contributed by atoms with Crippen molar-refractivity contribution in [3.05, 3.63) is 0 Å². The Morgan fingerprint density at radius 1 is 1.53 bits per heavy atom. The fraction of sp³-hybridized carbons (Fsp3) is 1.00. The molecule has 0 aliphatic carbocycles. The van der Waals surface area contributed by atoms with Crippen molar-refractivity contribution in [2.75, 3.05) is 13.2 Å². The summed E-state index contributed by atoms with van der Waals surface area (Å²) in [5.41, 5.74) is 0. The van der Waals surface area contributed by atoms with Gasteiger partial charge in [0.25, 0.3) is 10.1 Å². The van der Waals surface area contributed by atoms with Gasteiger partial charge in [-0.05, 0) is 6.92 Å². The van der Waals surface area contributed by atoms with Crippen LogP contribution in [-0.2, 0) is 19.6 Å². The smallest absolute Gasteiger partial charge is 0.273 e. The first-order valence-corrected chi connectivity index (χ1v) is 6.26. The number of ether oxygens (including phenoxy) is 2. The van der Waals surface area contributed by atoms with E-state index in [1.807, 2.05) is 0 Å². The molecule has 0 aromatic heterocycles. The van der Waals surface area contributed by atoms with Crippen LogP contribution in [0.25, 0.3) is 0 Å². The second-order valence-corrected chi connectivity index (χ2v) is 5.04. The van der Waals surface area contributed by atoms with Crippen LogP contribution in [0.5, 0.6) is 0 Å². The van der Waals surface area contributed by atoms with Crippen molar-refractivity contribution in [1.82, 2.24) is 0 Å². The molecule has 0 spiro atoms. The molecule has 0 bridgehead atoms. The van der Waals surface area contributed by atoms with Crippen molar-refractivity contribution in [2.24, 2.45) is 0 Å². The summed E-state index contributed by atoms with van der Waals surface area (Å²) in [7, 11) is -2.63. The predicted molar refractivity (Wildman–Crippen MR) is 55.0 cm³/mol. The zero-order valence-electron chi connectivity index (χ0n) is 8.66. The van der Waals surface area contributed by atoms with Gasteiger partial charge in [0.1, 0.15) is 19.2 Å². The molecular formula is C7H15BO6S. The van der Waals surface area contributed by atoms with E-state index in [1.54, 1.807) is 14.8 Å². The average molecular weight is 238 g/mol. The minimum atomic E-state index is -4.28. The molecule has 3 unspecified atom stereocenters. The molecule has 1 aliphatic rings. The van der Waals surface area contributed by atoms with Crippen LogP contribution in [0, 0.1) is 0 Å². The number of hydrogen-bond acceptors (Lipinski definition) is 5. The molecule has 4 atom stereocenters. The molecule has 1 saturated heterocycles. The average Bonchev–Trinajstić information content (AvgIpc) is 2.43. The first-order valence-electron chi connectivity index (χ1n) is 4.76. The highest BCUT2D eigenvalue weighted by molar-refractivity contribution is 7.86. The lowest BCUT2D eigenvalue weighted by Crippen LogP contribution is -2.42. The normalized spacial score (nSPS) is 37.0. The summed E-state index contributed by atoms with van der Waals surface area (Å²) in [5, 5.41) is 7.74. The zero-order valence-corrected chi connectivity index (χ0v) is 9.48. The van der Waals surface area contributed by atoms with Gasteiger partial charge in [-0.3, -0.25) is 4.55 Å². The van der Waals surface area contributed by atoms with E-state index in [0.29, 0.717) is 6.61 Å². The lowest BCUT2D eigenvalue weighted by atomic mass is 9.94. The van der Waals surface area contributed by atoms with Gasteiger partial charge in [-0.15, -0.1) is 0 Å². The van der Waals surface area contributed by atoms with Crippen molar-refractivity contribution >= 4 is 18.0 Å². The van der Waals surface area contributed by atoms with Gasteiger partial charge in [-0.1, -0.05) is 0 Å². The second-order valence-electron chi connectivity index (χ2n) is 3.46. The monoisotopic (exact) mass is 238 g/mol. The molecular weight excluding hydrogens is 223 g/mol. The number of hydrogen-bond donors (Lipinski definition) is 2. The SMILES string of the molecule is B[C@@H]1OC(CO)C(S(=O)(=O)O)C1OCC. The quantitative estimate of drug-likeness (QED) is 0.434. The fourth-order valence-electron chi connectivity index (χ4n) is 1.84. The van der Waals surface area contributed by atoms with Crippen molar-refractivity contribution in [3.8, 4) is 0 Å². The van der Waals surface area contributed by atoms with Crippen LogP contribution < -0.4 is 0 Å². The van der Waals surface area contributed by atoms with Crippen molar-refractivity contribution in [3.63, 3.8) is 0 Å². The minimum absolute atomic E-state index is 0.322. The molecule has 0 radical (unpaired) electrons. The van der Waals surface area contributed by atoms with Gasteiger partial charge < -0.3 is 14.6 Å². The number of rotatable bonds is 4. The molecule has 6 nitrogen and oxygen atoms in total. The highest BCUT2D eigenvalue weighted by atomic mass is 32.2. The van der Waals surface area contributed by atoms with E-state index in [1.165, 1.54) is 0 Å². The van der Waals surface area contributed by atoms with Crippen LogP contribution in [0.4, 0.5) is 0 Å². The number of aliphatic hydroxyl groups is 1. The first kappa shape index (κ1) is 12.9.